The predicted molar refractivity (Wildman–Crippen MR) is 140 cm³/mol. The van der Waals surface area contributed by atoms with E-state index in [-0.39, 0.29) is 11.6 Å². The van der Waals surface area contributed by atoms with Gasteiger partial charge in [-0.25, -0.2) is 0 Å². The van der Waals surface area contributed by atoms with Crippen LogP contribution in [0.25, 0.3) is 21.7 Å². The molecule has 0 saturated carbocycles. The number of benzene rings is 4. The van der Waals surface area contributed by atoms with Gasteiger partial charge in [-0.15, -0.1) is 0 Å². The number of carbonyl (C=O) groups is 1. The maximum Gasteiger partial charge on any atom is 0.269 e. The molecule has 0 radical (unpaired) electrons. The molecule has 0 aliphatic carbocycles. The molecular weight excluding hydrogens is 474 g/mol. The number of nitrogens with one attached hydrogen (secondary N) is 1. The third-order valence-electron chi connectivity index (χ3n) is 5.84. The van der Waals surface area contributed by atoms with Crippen LogP contribution >= 0.6 is 0 Å². The Kier molecular flexibility index (Phi) is 6.25. The zero-order valence-corrected chi connectivity index (χ0v) is 19.9. The summed E-state index contributed by atoms with van der Waals surface area (Å²) in [6.07, 6.45) is 1.67. The van der Waals surface area contributed by atoms with Crippen LogP contribution in [0.5, 0.6) is 23.0 Å². The molecule has 5 aromatic rings. The molecule has 0 aliphatic heterocycles. The average Bonchev–Trinajstić information content (AvgIpc) is 2.92. The number of aromatic nitrogens is 1. The zero-order chi connectivity index (χ0) is 25.9. The topological polar surface area (TPSA) is 113 Å². The van der Waals surface area contributed by atoms with Gasteiger partial charge in [0.25, 0.3) is 11.6 Å². The fourth-order valence-corrected chi connectivity index (χ4v) is 3.97. The molecule has 0 aliphatic rings. The van der Waals surface area contributed by atoms with Crippen LogP contribution in [0.4, 0.5) is 11.4 Å². The number of nitrogens with zero attached hydrogens (tertiary/aromatic N) is 2. The summed E-state index contributed by atoms with van der Waals surface area (Å²) in [7, 11) is 3.15. The van der Waals surface area contributed by atoms with Crippen LogP contribution in [0.15, 0.2) is 85.1 Å². The van der Waals surface area contributed by atoms with Crippen LogP contribution in [0, 0.1) is 10.1 Å². The molecule has 0 spiro atoms. The lowest BCUT2D eigenvalue weighted by Gasteiger charge is -2.13. The van der Waals surface area contributed by atoms with Gasteiger partial charge in [0.1, 0.15) is 11.5 Å². The van der Waals surface area contributed by atoms with Crippen molar-refractivity contribution < 1.29 is 23.9 Å². The number of hydrogen-bond acceptors (Lipinski definition) is 7. The normalized spacial score (nSPS) is 10.8. The number of anilines is 1. The van der Waals surface area contributed by atoms with E-state index in [2.05, 4.69) is 10.3 Å². The molecule has 1 heterocycles. The Bertz CT molecular complexity index is 1650. The molecule has 0 unspecified atom stereocenters. The summed E-state index contributed by atoms with van der Waals surface area (Å²) in [6, 6.07) is 22.0. The van der Waals surface area contributed by atoms with Crippen molar-refractivity contribution in [2.45, 2.75) is 0 Å². The minimum Gasteiger partial charge on any atom is -0.493 e. The van der Waals surface area contributed by atoms with E-state index < -0.39 is 4.92 Å². The Hall–Kier alpha value is -5.18. The number of methoxy groups -OCH3 is 2. The zero-order valence-electron chi connectivity index (χ0n) is 19.9. The highest BCUT2D eigenvalue weighted by Gasteiger charge is 2.13. The monoisotopic (exact) mass is 495 g/mol. The van der Waals surface area contributed by atoms with Crippen LogP contribution < -0.4 is 19.5 Å². The molecule has 1 aromatic heterocycles. The second-order valence-corrected chi connectivity index (χ2v) is 8.12. The molecule has 1 N–H and O–H groups in total. The van der Waals surface area contributed by atoms with E-state index in [1.807, 2.05) is 36.4 Å². The van der Waals surface area contributed by atoms with E-state index >= 15 is 0 Å². The number of rotatable bonds is 7. The van der Waals surface area contributed by atoms with Crippen molar-refractivity contribution in [3.8, 4) is 23.0 Å². The van der Waals surface area contributed by atoms with Gasteiger partial charge in [0.2, 0.25) is 0 Å². The van der Waals surface area contributed by atoms with Crippen molar-refractivity contribution in [2.24, 2.45) is 0 Å². The van der Waals surface area contributed by atoms with Crippen LogP contribution in [0.2, 0.25) is 0 Å². The van der Waals surface area contributed by atoms with Crippen LogP contribution in [0.3, 0.4) is 0 Å². The Morgan fingerprint density at radius 1 is 0.838 bits per heavy atom. The fraction of sp³-hybridized carbons (Fsp3) is 0.0714. The summed E-state index contributed by atoms with van der Waals surface area (Å²) in [5.41, 5.74) is 1.57. The van der Waals surface area contributed by atoms with Gasteiger partial charge in [-0.3, -0.25) is 19.9 Å². The highest BCUT2D eigenvalue weighted by molar-refractivity contribution is 6.05. The van der Waals surface area contributed by atoms with Crippen LogP contribution in [-0.2, 0) is 0 Å². The summed E-state index contributed by atoms with van der Waals surface area (Å²) in [5, 5.41) is 16.2. The number of nitro groups is 1. The van der Waals surface area contributed by atoms with E-state index in [9.17, 15) is 14.9 Å². The highest BCUT2D eigenvalue weighted by Crippen LogP contribution is 2.37. The van der Waals surface area contributed by atoms with E-state index in [0.717, 1.165) is 16.2 Å². The number of hydrogen-bond donors (Lipinski definition) is 1. The van der Waals surface area contributed by atoms with Gasteiger partial charge in [-0.1, -0.05) is 12.1 Å². The first-order chi connectivity index (χ1) is 17.9. The van der Waals surface area contributed by atoms with Crippen molar-refractivity contribution in [3.05, 3.63) is 101 Å². The van der Waals surface area contributed by atoms with Gasteiger partial charge in [-0.05, 0) is 59.3 Å². The predicted octanol–water partition coefficient (Wildman–Crippen LogP) is 6.36. The lowest BCUT2D eigenvalue weighted by molar-refractivity contribution is -0.384. The Balaban J connectivity index is 1.37. The van der Waals surface area contributed by atoms with Gasteiger partial charge >= 0.3 is 0 Å². The number of fused-ring (bicyclic) bond motifs is 2. The first-order valence-electron chi connectivity index (χ1n) is 11.2. The molecule has 0 saturated heterocycles. The summed E-state index contributed by atoms with van der Waals surface area (Å²) in [4.78, 5) is 27.3. The minimum atomic E-state index is -0.506. The molecule has 9 nitrogen and oxygen atoms in total. The number of ether oxygens (including phenoxy) is 3. The molecule has 1 amide bonds. The second kappa shape index (κ2) is 9.82. The van der Waals surface area contributed by atoms with Crippen LogP contribution in [-0.4, -0.2) is 30.0 Å². The Labute approximate surface area is 211 Å². The third-order valence-corrected chi connectivity index (χ3v) is 5.84. The molecule has 4 aromatic carbocycles. The van der Waals surface area contributed by atoms with Gasteiger partial charge in [0, 0.05) is 41.0 Å². The van der Waals surface area contributed by atoms with E-state index in [0.29, 0.717) is 39.8 Å². The quantitative estimate of drug-likeness (QED) is 0.206. The molecule has 9 heteroatoms. The largest absolute Gasteiger partial charge is 0.493 e. The van der Waals surface area contributed by atoms with E-state index in [4.69, 9.17) is 14.2 Å². The highest BCUT2D eigenvalue weighted by atomic mass is 16.6. The number of non-ortho nitro benzene ring substituents is 1. The summed E-state index contributed by atoms with van der Waals surface area (Å²) >= 11 is 0. The second-order valence-electron chi connectivity index (χ2n) is 8.12. The van der Waals surface area contributed by atoms with Crippen molar-refractivity contribution in [1.29, 1.82) is 0 Å². The Morgan fingerprint density at radius 2 is 1.54 bits per heavy atom. The summed E-state index contributed by atoms with van der Waals surface area (Å²) in [6.45, 7) is 0. The van der Waals surface area contributed by atoms with Crippen molar-refractivity contribution in [3.63, 3.8) is 0 Å². The molecule has 184 valence electrons. The smallest absolute Gasteiger partial charge is 0.269 e. The maximum atomic E-state index is 12.6. The Morgan fingerprint density at radius 3 is 2.27 bits per heavy atom. The lowest BCUT2D eigenvalue weighted by Crippen LogP contribution is -2.11. The standard InChI is InChI=1S/C28H21N3O6/c1-35-26-15-23-24(16-27(26)36-2)29-12-11-25(23)37-22-10-6-18-13-20(7-3-19(18)14-22)30-28(32)17-4-8-21(9-5-17)31(33)34/h3-16H,1-2H3,(H,30,32). The average molecular weight is 495 g/mol. The number of pyridine rings is 1. The van der Waals surface area contributed by atoms with Crippen molar-refractivity contribution in [1.82, 2.24) is 4.98 Å². The summed E-state index contributed by atoms with van der Waals surface area (Å²) < 4.78 is 17.0. The van der Waals surface area contributed by atoms with E-state index in [1.54, 1.807) is 38.6 Å². The van der Waals surface area contributed by atoms with Crippen LogP contribution in [0.1, 0.15) is 10.4 Å². The SMILES string of the molecule is COc1cc2nccc(Oc3ccc4cc(NC(=O)c5ccc([N+](=O)[O-])cc5)ccc4c3)c2cc1OC. The maximum absolute atomic E-state index is 12.6. The van der Waals surface area contributed by atoms with E-state index in [1.165, 1.54) is 24.3 Å². The van der Waals surface area contributed by atoms with Crippen molar-refractivity contribution in [2.75, 3.05) is 19.5 Å². The number of carbonyl (C=O) groups excluding carboxylic acids is 1. The van der Waals surface area contributed by atoms with Gasteiger partial charge in [-0.2, -0.15) is 0 Å². The third kappa shape index (κ3) is 4.83. The molecule has 0 fully saturated rings. The van der Waals surface area contributed by atoms with Crippen molar-refractivity contribution >= 4 is 39.0 Å². The van der Waals surface area contributed by atoms with Gasteiger partial charge < -0.3 is 19.5 Å². The van der Waals surface area contributed by atoms with Gasteiger partial charge in [0.15, 0.2) is 11.5 Å². The minimum absolute atomic E-state index is 0.0705. The van der Waals surface area contributed by atoms with Gasteiger partial charge in [0.05, 0.1) is 24.7 Å². The molecule has 0 atom stereocenters. The first-order valence-corrected chi connectivity index (χ1v) is 11.2. The number of nitro benzene ring substituents is 1. The summed E-state index contributed by atoms with van der Waals surface area (Å²) in [5.74, 6) is 2.07. The fourth-order valence-electron chi connectivity index (χ4n) is 3.97. The lowest BCUT2D eigenvalue weighted by atomic mass is 10.1. The number of amides is 1. The molecule has 0 bridgehead atoms. The molecule has 37 heavy (non-hydrogen) atoms. The first kappa shape index (κ1) is 23.6. The molecule has 5 rings (SSSR count). The molecular formula is C28H21N3O6.